The minimum absolute atomic E-state index is 0.0660. The number of benzene rings is 3. The molecule has 1 aliphatic rings. The smallest absolute Gasteiger partial charge is 0.336 e. The van der Waals surface area contributed by atoms with Gasteiger partial charge in [-0.25, -0.2) is 9.18 Å². The summed E-state index contributed by atoms with van der Waals surface area (Å²) in [7, 11) is 0. The number of hydrogen-bond acceptors (Lipinski definition) is 4. The Labute approximate surface area is 191 Å². The Kier molecular flexibility index (Phi) is 6.69. The molecular formula is C26H24FN3O3. The molecule has 0 unspecified atom stereocenters. The summed E-state index contributed by atoms with van der Waals surface area (Å²) in [6.07, 6.45) is 1.10. The van der Waals surface area contributed by atoms with Crippen molar-refractivity contribution in [1.82, 2.24) is 0 Å². The number of carboxylic acid groups (broad SMARTS) is 1. The van der Waals surface area contributed by atoms with Gasteiger partial charge in [0.05, 0.1) is 5.57 Å². The fourth-order valence-corrected chi connectivity index (χ4v) is 3.83. The van der Waals surface area contributed by atoms with Crippen LogP contribution >= 0.6 is 0 Å². The van der Waals surface area contributed by atoms with Gasteiger partial charge in [0.1, 0.15) is 5.82 Å². The summed E-state index contributed by atoms with van der Waals surface area (Å²) in [5.74, 6) is -1.90. The zero-order valence-corrected chi connectivity index (χ0v) is 17.9. The summed E-state index contributed by atoms with van der Waals surface area (Å²) in [6, 6.07) is 22.5. The lowest BCUT2D eigenvalue weighted by Crippen LogP contribution is -2.46. The minimum atomic E-state index is -1.16. The van der Waals surface area contributed by atoms with Crippen LogP contribution in [0.15, 0.2) is 84.9 Å². The van der Waals surface area contributed by atoms with Gasteiger partial charge in [-0.05, 0) is 54.1 Å². The van der Waals surface area contributed by atoms with Gasteiger partial charge in [0.15, 0.2) is 0 Å². The Morgan fingerprint density at radius 1 is 0.788 bits per heavy atom. The molecule has 2 N–H and O–H groups in total. The summed E-state index contributed by atoms with van der Waals surface area (Å²) >= 11 is 0. The van der Waals surface area contributed by atoms with Gasteiger partial charge in [0.2, 0.25) is 5.91 Å². The van der Waals surface area contributed by atoms with Gasteiger partial charge in [-0.1, -0.05) is 30.3 Å². The molecule has 0 radical (unpaired) electrons. The van der Waals surface area contributed by atoms with Crippen molar-refractivity contribution in [2.24, 2.45) is 0 Å². The number of rotatable bonds is 6. The highest BCUT2D eigenvalue weighted by molar-refractivity contribution is 6.21. The molecule has 33 heavy (non-hydrogen) atoms. The molecule has 7 heteroatoms. The normalized spacial score (nSPS) is 14.2. The third-order valence-corrected chi connectivity index (χ3v) is 5.56. The Balaban J connectivity index is 1.36. The second-order valence-electron chi connectivity index (χ2n) is 7.72. The molecule has 1 aliphatic heterocycles. The summed E-state index contributed by atoms with van der Waals surface area (Å²) in [4.78, 5) is 28.4. The monoisotopic (exact) mass is 445 g/mol. The molecule has 3 aromatic rings. The van der Waals surface area contributed by atoms with Gasteiger partial charge >= 0.3 is 5.97 Å². The predicted octanol–water partition coefficient (Wildman–Crippen LogP) is 4.26. The number of carbonyl (C=O) groups is 2. The zero-order valence-electron chi connectivity index (χ0n) is 17.9. The van der Waals surface area contributed by atoms with Crippen LogP contribution in [0.2, 0.25) is 0 Å². The SMILES string of the molecule is O=C(/C=C(/C(=O)O)c1ccccc1)Nc1ccc(N2CCN(c3ccc(F)cc3)CC2)cc1. The third kappa shape index (κ3) is 5.57. The van der Waals surface area contributed by atoms with E-state index in [0.29, 0.717) is 11.3 Å². The van der Waals surface area contributed by atoms with Crippen LogP contribution in [0.1, 0.15) is 5.56 Å². The van der Waals surface area contributed by atoms with Crippen LogP contribution in [0.25, 0.3) is 5.57 Å². The Morgan fingerprint density at radius 3 is 1.82 bits per heavy atom. The quantitative estimate of drug-likeness (QED) is 0.555. The molecule has 1 fully saturated rings. The highest BCUT2D eigenvalue weighted by Gasteiger charge is 2.18. The number of anilines is 3. The molecule has 1 amide bonds. The van der Waals surface area contributed by atoms with Crippen LogP contribution < -0.4 is 15.1 Å². The molecule has 0 bridgehead atoms. The highest BCUT2D eigenvalue weighted by atomic mass is 19.1. The number of piperazine rings is 1. The minimum Gasteiger partial charge on any atom is -0.478 e. The molecule has 0 atom stereocenters. The van der Waals surface area contributed by atoms with Gasteiger partial charge in [-0.3, -0.25) is 4.79 Å². The van der Waals surface area contributed by atoms with Crippen molar-refractivity contribution in [3.63, 3.8) is 0 Å². The Bertz CT molecular complexity index is 1140. The fraction of sp³-hybridized carbons (Fsp3) is 0.154. The van der Waals surface area contributed by atoms with Gasteiger partial charge in [0, 0.05) is 49.3 Å². The topological polar surface area (TPSA) is 72.9 Å². The van der Waals surface area contributed by atoms with E-state index in [9.17, 15) is 19.1 Å². The maximum atomic E-state index is 13.1. The average Bonchev–Trinajstić information content (AvgIpc) is 2.84. The molecule has 6 nitrogen and oxygen atoms in total. The van der Waals surface area contributed by atoms with Crippen molar-refractivity contribution in [3.8, 4) is 0 Å². The maximum Gasteiger partial charge on any atom is 0.336 e. The number of nitrogens with zero attached hydrogens (tertiary/aromatic N) is 2. The first-order valence-electron chi connectivity index (χ1n) is 10.7. The summed E-state index contributed by atoms with van der Waals surface area (Å²) in [5, 5.41) is 12.2. The standard InChI is InChI=1S/C26H24FN3O3/c27-20-6-10-22(11-7-20)29-14-16-30(17-15-29)23-12-8-21(9-13-23)28-25(31)18-24(26(32)33)19-4-2-1-3-5-19/h1-13,18H,14-17H2,(H,28,31)(H,32,33)/b24-18+. The first-order chi connectivity index (χ1) is 16.0. The number of carboxylic acids is 1. The van der Waals surface area contributed by atoms with E-state index in [1.807, 2.05) is 12.1 Å². The van der Waals surface area contributed by atoms with E-state index >= 15 is 0 Å². The maximum absolute atomic E-state index is 13.1. The van der Waals surface area contributed by atoms with Crippen LogP contribution in [-0.2, 0) is 9.59 Å². The van der Waals surface area contributed by atoms with Crippen LogP contribution in [0.4, 0.5) is 21.5 Å². The number of hydrogen-bond donors (Lipinski definition) is 2. The van der Waals surface area contributed by atoms with E-state index in [1.165, 1.54) is 12.1 Å². The molecule has 1 saturated heterocycles. The second-order valence-corrected chi connectivity index (χ2v) is 7.72. The van der Waals surface area contributed by atoms with Crippen molar-refractivity contribution in [3.05, 3.63) is 96.3 Å². The first-order valence-corrected chi connectivity index (χ1v) is 10.7. The van der Waals surface area contributed by atoms with Crippen molar-refractivity contribution in [1.29, 1.82) is 0 Å². The van der Waals surface area contributed by atoms with Crippen LogP contribution in [0, 0.1) is 5.82 Å². The van der Waals surface area contributed by atoms with Crippen molar-refractivity contribution < 1.29 is 19.1 Å². The van der Waals surface area contributed by atoms with Crippen LogP contribution in [0.3, 0.4) is 0 Å². The molecule has 0 saturated carbocycles. The van der Waals surface area contributed by atoms with Crippen molar-refractivity contribution >= 4 is 34.5 Å². The molecule has 0 aliphatic carbocycles. The van der Waals surface area contributed by atoms with Crippen LogP contribution in [0.5, 0.6) is 0 Å². The fourth-order valence-electron chi connectivity index (χ4n) is 3.83. The second kappa shape index (κ2) is 9.99. The molecule has 168 valence electrons. The van der Waals surface area contributed by atoms with Gasteiger partial charge in [0.25, 0.3) is 0 Å². The molecule has 0 aromatic heterocycles. The first kappa shape index (κ1) is 22.1. The van der Waals surface area contributed by atoms with Crippen molar-refractivity contribution in [2.45, 2.75) is 0 Å². The number of amides is 1. The van der Waals surface area contributed by atoms with E-state index in [4.69, 9.17) is 0 Å². The largest absolute Gasteiger partial charge is 0.478 e. The van der Waals surface area contributed by atoms with E-state index < -0.39 is 11.9 Å². The Hall–Kier alpha value is -4.13. The van der Waals surface area contributed by atoms with E-state index in [2.05, 4.69) is 15.1 Å². The number of halogens is 1. The highest BCUT2D eigenvalue weighted by Crippen LogP contribution is 2.23. The van der Waals surface area contributed by atoms with E-state index in [1.54, 1.807) is 54.6 Å². The van der Waals surface area contributed by atoms with E-state index in [0.717, 1.165) is 43.6 Å². The lowest BCUT2D eigenvalue weighted by molar-refractivity contribution is -0.130. The summed E-state index contributed by atoms with van der Waals surface area (Å²) in [6.45, 7) is 3.30. The Morgan fingerprint density at radius 2 is 1.30 bits per heavy atom. The third-order valence-electron chi connectivity index (χ3n) is 5.56. The van der Waals surface area contributed by atoms with Crippen LogP contribution in [-0.4, -0.2) is 43.2 Å². The van der Waals surface area contributed by atoms with Gasteiger partial charge in [-0.15, -0.1) is 0 Å². The molecule has 1 heterocycles. The lowest BCUT2D eigenvalue weighted by Gasteiger charge is -2.37. The molecule has 4 rings (SSSR count). The zero-order chi connectivity index (χ0) is 23.2. The number of carbonyl (C=O) groups excluding carboxylic acids is 1. The molecular weight excluding hydrogens is 421 g/mol. The van der Waals surface area contributed by atoms with E-state index in [-0.39, 0.29) is 11.4 Å². The summed E-state index contributed by atoms with van der Waals surface area (Å²) in [5.41, 5.74) is 3.04. The lowest BCUT2D eigenvalue weighted by atomic mass is 10.1. The van der Waals surface area contributed by atoms with Gasteiger partial charge in [-0.2, -0.15) is 0 Å². The molecule has 3 aromatic carbocycles. The van der Waals surface area contributed by atoms with Crippen molar-refractivity contribution in [2.75, 3.05) is 41.3 Å². The molecule has 0 spiro atoms. The number of aliphatic carboxylic acids is 1. The number of nitrogens with one attached hydrogen (secondary N) is 1. The summed E-state index contributed by atoms with van der Waals surface area (Å²) < 4.78 is 13.1. The predicted molar refractivity (Wildman–Crippen MR) is 128 cm³/mol. The average molecular weight is 445 g/mol. The van der Waals surface area contributed by atoms with Gasteiger partial charge < -0.3 is 20.2 Å².